The largest absolute Gasteiger partial charge is 0.483 e. The van der Waals surface area contributed by atoms with Crippen molar-refractivity contribution < 1.29 is 31.1 Å². The SMILES string of the molecule is O=C(COc1ccccc1C(F)(F)F)N1CCN(S(=O)(=O)c2ccccc2)CC1. The number of hydrogen-bond acceptors (Lipinski definition) is 4. The molecule has 0 saturated carbocycles. The lowest BCUT2D eigenvalue weighted by molar-refractivity contribution is -0.141. The zero-order chi connectivity index (χ0) is 21.1. The van der Waals surface area contributed by atoms with E-state index >= 15 is 0 Å². The lowest BCUT2D eigenvalue weighted by Crippen LogP contribution is -2.51. The Bertz CT molecular complexity index is 957. The Labute approximate surface area is 166 Å². The second-order valence-corrected chi connectivity index (χ2v) is 8.32. The molecule has 156 valence electrons. The first-order valence-corrected chi connectivity index (χ1v) is 10.3. The number of hydrogen-bond donors (Lipinski definition) is 0. The van der Waals surface area contributed by atoms with Crippen LogP contribution in [-0.4, -0.2) is 56.3 Å². The molecule has 0 atom stereocenters. The van der Waals surface area contributed by atoms with E-state index in [1.54, 1.807) is 18.2 Å². The van der Waals surface area contributed by atoms with Gasteiger partial charge in [0, 0.05) is 26.2 Å². The molecular weight excluding hydrogens is 409 g/mol. The van der Waals surface area contributed by atoms with Crippen LogP contribution in [0, 0.1) is 0 Å². The lowest BCUT2D eigenvalue weighted by Gasteiger charge is -2.34. The summed E-state index contributed by atoms with van der Waals surface area (Å²) in [7, 11) is -3.65. The van der Waals surface area contributed by atoms with E-state index in [4.69, 9.17) is 4.74 Å². The molecule has 1 amide bonds. The van der Waals surface area contributed by atoms with Crippen LogP contribution in [0.15, 0.2) is 59.5 Å². The Kier molecular flexibility index (Phi) is 6.13. The van der Waals surface area contributed by atoms with Crippen LogP contribution < -0.4 is 4.74 Å². The maximum atomic E-state index is 13.0. The molecule has 2 aromatic rings. The highest BCUT2D eigenvalue weighted by Crippen LogP contribution is 2.35. The van der Waals surface area contributed by atoms with Crippen LogP contribution in [0.25, 0.3) is 0 Å². The van der Waals surface area contributed by atoms with Crippen molar-refractivity contribution in [2.75, 3.05) is 32.8 Å². The highest BCUT2D eigenvalue weighted by Gasteiger charge is 2.34. The third kappa shape index (κ3) is 4.88. The summed E-state index contributed by atoms with van der Waals surface area (Å²) < 4.78 is 70.5. The molecule has 0 N–H and O–H groups in total. The van der Waals surface area contributed by atoms with E-state index in [9.17, 15) is 26.4 Å². The summed E-state index contributed by atoms with van der Waals surface area (Å²) in [5.41, 5.74) is -0.952. The minimum Gasteiger partial charge on any atom is -0.483 e. The van der Waals surface area contributed by atoms with Gasteiger partial charge in [-0.15, -0.1) is 0 Å². The normalized spacial score (nSPS) is 15.9. The van der Waals surface area contributed by atoms with E-state index < -0.39 is 40.0 Å². The van der Waals surface area contributed by atoms with E-state index in [0.717, 1.165) is 12.1 Å². The van der Waals surface area contributed by atoms with Crippen molar-refractivity contribution in [2.45, 2.75) is 11.1 Å². The van der Waals surface area contributed by atoms with Crippen LogP contribution in [0.4, 0.5) is 13.2 Å². The van der Waals surface area contributed by atoms with Gasteiger partial charge in [0.2, 0.25) is 10.0 Å². The molecule has 6 nitrogen and oxygen atoms in total. The second kappa shape index (κ2) is 8.42. The monoisotopic (exact) mass is 428 g/mol. The molecule has 0 spiro atoms. The Hall–Kier alpha value is -2.59. The number of sulfonamides is 1. The van der Waals surface area contributed by atoms with E-state index in [-0.39, 0.29) is 31.1 Å². The molecule has 1 saturated heterocycles. The van der Waals surface area contributed by atoms with Gasteiger partial charge in [-0.2, -0.15) is 17.5 Å². The predicted octanol–water partition coefficient (Wildman–Crippen LogP) is 2.62. The molecule has 0 unspecified atom stereocenters. The topological polar surface area (TPSA) is 66.9 Å². The molecule has 0 aliphatic carbocycles. The maximum Gasteiger partial charge on any atom is 0.419 e. The van der Waals surface area contributed by atoms with Gasteiger partial charge in [-0.3, -0.25) is 4.79 Å². The van der Waals surface area contributed by atoms with Crippen molar-refractivity contribution in [3.63, 3.8) is 0 Å². The molecule has 0 aromatic heterocycles. The summed E-state index contributed by atoms with van der Waals surface area (Å²) in [4.78, 5) is 13.9. The van der Waals surface area contributed by atoms with E-state index in [1.807, 2.05) is 0 Å². The van der Waals surface area contributed by atoms with Crippen molar-refractivity contribution >= 4 is 15.9 Å². The van der Waals surface area contributed by atoms with Crippen molar-refractivity contribution in [1.29, 1.82) is 0 Å². The summed E-state index contributed by atoms with van der Waals surface area (Å²) in [6.07, 6.45) is -4.59. The zero-order valence-electron chi connectivity index (χ0n) is 15.3. The summed E-state index contributed by atoms with van der Waals surface area (Å²) in [5, 5.41) is 0. The number of alkyl halides is 3. The summed E-state index contributed by atoms with van der Waals surface area (Å²) in [5.74, 6) is -0.919. The Balaban J connectivity index is 1.58. The summed E-state index contributed by atoms with van der Waals surface area (Å²) >= 11 is 0. The second-order valence-electron chi connectivity index (χ2n) is 6.38. The number of para-hydroxylation sites is 1. The van der Waals surface area contributed by atoms with E-state index in [1.165, 1.54) is 33.5 Å². The first-order valence-electron chi connectivity index (χ1n) is 8.81. The highest BCUT2D eigenvalue weighted by atomic mass is 32.2. The fourth-order valence-electron chi connectivity index (χ4n) is 2.98. The number of halogens is 3. The van der Waals surface area contributed by atoms with Gasteiger partial charge in [-0.1, -0.05) is 30.3 Å². The Morgan fingerprint density at radius 1 is 0.931 bits per heavy atom. The number of benzene rings is 2. The summed E-state index contributed by atoms with van der Waals surface area (Å²) in [6.45, 7) is -0.0902. The van der Waals surface area contributed by atoms with Gasteiger partial charge in [0.1, 0.15) is 5.75 Å². The fourth-order valence-corrected chi connectivity index (χ4v) is 4.42. The van der Waals surface area contributed by atoms with Crippen LogP contribution >= 0.6 is 0 Å². The van der Waals surface area contributed by atoms with Gasteiger partial charge in [-0.25, -0.2) is 8.42 Å². The lowest BCUT2D eigenvalue weighted by atomic mass is 10.2. The molecule has 10 heteroatoms. The van der Waals surface area contributed by atoms with E-state index in [2.05, 4.69) is 0 Å². The predicted molar refractivity (Wildman–Crippen MR) is 98.7 cm³/mol. The number of rotatable bonds is 5. The first-order chi connectivity index (χ1) is 13.7. The molecule has 29 heavy (non-hydrogen) atoms. The number of carbonyl (C=O) groups excluding carboxylic acids is 1. The molecule has 1 fully saturated rings. The van der Waals surface area contributed by atoms with Crippen LogP contribution in [0.1, 0.15) is 5.56 Å². The quantitative estimate of drug-likeness (QED) is 0.735. The molecular formula is C19H19F3N2O4S. The number of amides is 1. The van der Waals surface area contributed by atoms with Crippen molar-refractivity contribution in [3.05, 3.63) is 60.2 Å². The molecule has 0 radical (unpaired) electrons. The van der Waals surface area contributed by atoms with Gasteiger partial charge in [-0.05, 0) is 24.3 Å². The fraction of sp³-hybridized carbons (Fsp3) is 0.316. The zero-order valence-corrected chi connectivity index (χ0v) is 16.1. The Morgan fingerprint density at radius 2 is 1.52 bits per heavy atom. The number of ether oxygens (including phenoxy) is 1. The van der Waals surface area contributed by atoms with Gasteiger partial charge < -0.3 is 9.64 Å². The third-order valence-corrected chi connectivity index (χ3v) is 6.43. The average Bonchev–Trinajstić information content (AvgIpc) is 2.72. The maximum absolute atomic E-state index is 13.0. The van der Waals surface area contributed by atoms with Gasteiger partial charge >= 0.3 is 6.18 Å². The smallest absolute Gasteiger partial charge is 0.419 e. The Morgan fingerprint density at radius 3 is 2.14 bits per heavy atom. The van der Waals surface area contributed by atoms with Crippen LogP contribution in [0.5, 0.6) is 5.75 Å². The molecule has 3 rings (SSSR count). The minimum atomic E-state index is -4.59. The van der Waals surface area contributed by atoms with E-state index in [0.29, 0.717) is 0 Å². The molecule has 0 bridgehead atoms. The van der Waals surface area contributed by atoms with Gasteiger partial charge in [0.05, 0.1) is 10.5 Å². The first kappa shape index (κ1) is 21.1. The van der Waals surface area contributed by atoms with Crippen molar-refractivity contribution in [3.8, 4) is 5.75 Å². The summed E-state index contributed by atoms with van der Waals surface area (Å²) in [6, 6.07) is 12.6. The molecule has 1 aliphatic heterocycles. The number of carbonyl (C=O) groups is 1. The molecule has 1 aliphatic rings. The van der Waals surface area contributed by atoms with Gasteiger partial charge in [0.25, 0.3) is 5.91 Å². The van der Waals surface area contributed by atoms with Crippen LogP contribution in [0.2, 0.25) is 0 Å². The number of piperazine rings is 1. The average molecular weight is 428 g/mol. The van der Waals surface area contributed by atoms with Crippen molar-refractivity contribution in [2.24, 2.45) is 0 Å². The van der Waals surface area contributed by atoms with Crippen LogP contribution in [0.3, 0.4) is 0 Å². The third-order valence-electron chi connectivity index (χ3n) is 4.52. The molecule has 1 heterocycles. The van der Waals surface area contributed by atoms with Crippen molar-refractivity contribution in [1.82, 2.24) is 9.21 Å². The minimum absolute atomic E-state index is 0.0993. The van der Waals surface area contributed by atoms with Crippen LogP contribution in [-0.2, 0) is 21.0 Å². The highest BCUT2D eigenvalue weighted by molar-refractivity contribution is 7.89. The number of nitrogens with zero attached hydrogens (tertiary/aromatic N) is 2. The van der Waals surface area contributed by atoms with Gasteiger partial charge in [0.15, 0.2) is 6.61 Å². The standard InChI is InChI=1S/C19H19F3N2O4S/c20-19(21,22)16-8-4-5-9-17(16)28-14-18(25)23-10-12-24(13-11-23)29(26,27)15-6-2-1-3-7-15/h1-9H,10-14H2. The molecule has 2 aromatic carbocycles.